The summed E-state index contributed by atoms with van der Waals surface area (Å²) in [6, 6.07) is 11.7. The molecule has 3 nitrogen and oxygen atoms in total. The standard InChI is InChI=1S/C27H23BF4O3/c1-2-3-4-23-33-13-18(14-34-23)21-10-9-19(24(29)25(21)30)16-5-7-17(8-6-16)20-11-12-22(35-15-28)27(32)26(20)31/h2,5-12,18,23H,1,3-4,13-15H2. The van der Waals surface area contributed by atoms with Crippen LogP contribution in [0.1, 0.15) is 24.3 Å². The Balaban J connectivity index is 1.53. The normalized spacial score (nSPS) is 17.8. The van der Waals surface area contributed by atoms with Gasteiger partial charge in [0.1, 0.15) is 7.85 Å². The monoisotopic (exact) mass is 482 g/mol. The molecule has 1 aliphatic rings. The van der Waals surface area contributed by atoms with E-state index in [0.717, 1.165) is 6.42 Å². The van der Waals surface area contributed by atoms with Crippen molar-refractivity contribution in [2.75, 3.05) is 19.7 Å². The minimum atomic E-state index is -1.15. The highest BCUT2D eigenvalue weighted by Gasteiger charge is 2.27. The largest absolute Gasteiger partial charge is 0.500 e. The zero-order valence-corrected chi connectivity index (χ0v) is 18.9. The first-order valence-corrected chi connectivity index (χ1v) is 11.2. The topological polar surface area (TPSA) is 27.7 Å². The quantitative estimate of drug-likeness (QED) is 0.208. The molecule has 8 heteroatoms. The number of hydrogen-bond acceptors (Lipinski definition) is 3. The summed E-state index contributed by atoms with van der Waals surface area (Å²) in [5.41, 5.74) is 0.995. The first-order chi connectivity index (χ1) is 16.9. The molecule has 0 bridgehead atoms. The summed E-state index contributed by atoms with van der Waals surface area (Å²) in [5, 5.41) is 0. The van der Waals surface area contributed by atoms with Crippen LogP contribution in [0.3, 0.4) is 0 Å². The maximum Gasteiger partial charge on any atom is 0.201 e. The minimum Gasteiger partial charge on any atom is -0.500 e. The van der Waals surface area contributed by atoms with Gasteiger partial charge in [-0.3, -0.25) is 0 Å². The zero-order chi connectivity index (χ0) is 24.9. The summed E-state index contributed by atoms with van der Waals surface area (Å²) in [4.78, 5) is 0. The summed E-state index contributed by atoms with van der Waals surface area (Å²) >= 11 is 0. The highest BCUT2D eigenvalue weighted by atomic mass is 19.2. The Morgan fingerprint density at radius 2 is 1.40 bits per heavy atom. The van der Waals surface area contributed by atoms with Gasteiger partial charge >= 0.3 is 0 Å². The summed E-state index contributed by atoms with van der Waals surface area (Å²) in [7, 11) is 5.21. The molecule has 1 saturated heterocycles. The second kappa shape index (κ2) is 11.1. The molecule has 0 aromatic heterocycles. The fraction of sp³-hybridized carbons (Fsp3) is 0.259. The molecule has 3 aromatic rings. The third-order valence-corrected chi connectivity index (χ3v) is 5.92. The van der Waals surface area contributed by atoms with Crippen LogP contribution in [0, 0.1) is 23.3 Å². The van der Waals surface area contributed by atoms with Gasteiger partial charge in [0.2, 0.25) is 5.82 Å². The molecular formula is C27H23BF4O3. The molecule has 0 amide bonds. The van der Waals surface area contributed by atoms with E-state index in [1.807, 2.05) is 0 Å². The van der Waals surface area contributed by atoms with Crippen LogP contribution >= 0.6 is 0 Å². The third-order valence-electron chi connectivity index (χ3n) is 5.92. The number of allylic oxidation sites excluding steroid dienone is 1. The minimum absolute atomic E-state index is 0.00381. The van der Waals surface area contributed by atoms with E-state index in [1.165, 1.54) is 48.5 Å². The Bertz CT molecular complexity index is 1190. The molecule has 0 N–H and O–H groups in total. The number of hydrogen-bond donors (Lipinski definition) is 0. The van der Waals surface area contributed by atoms with Crippen molar-refractivity contribution < 1.29 is 31.8 Å². The van der Waals surface area contributed by atoms with Crippen LogP contribution in [-0.4, -0.2) is 33.9 Å². The van der Waals surface area contributed by atoms with E-state index in [-0.39, 0.29) is 48.4 Å². The van der Waals surface area contributed by atoms with Gasteiger partial charge in [0.25, 0.3) is 0 Å². The molecule has 1 fully saturated rings. The smallest absolute Gasteiger partial charge is 0.201 e. The summed E-state index contributed by atoms with van der Waals surface area (Å²) in [6.07, 6.45) is 2.78. The maximum atomic E-state index is 15.0. The third kappa shape index (κ3) is 5.28. The highest BCUT2D eigenvalue weighted by molar-refractivity contribution is 6.08. The Morgan fingerprint density at radius 1 is 0.829 bits per heavy atom. The highest BCUT2D eigenvalue weighted by Crippen LogP contribution is 2.34. The van der Waals surface area contributed by atoms with Gasteiger partial charge in [-0.25, -0.2) is 13.2 Å². The van der Waals surface area contributed by atoms with Crippen molar-refractivity contribution in [1.29, 1.82) is 0 Å². The van der Waals surface area contributed by atoms with Gasteiger partial charge < -0.3 is 14.2 Å². The summed E-state index contributed by atoms with van der Waals surface area (Å²) < 4.78 is 74.7. The molecule has 0 atom stereocenters. The van der Waals surface area contributed by atoms with E-state index in [0.29, 0.717) is 17.5 Å². The molecule has 0 aliphatic carbocycles. The predicted octanol–water partition coefficient (Wildman–Crippen LogP) is 6.50. The Hall–Kier alpha value is -3.10. The molecule has 3 aromatic carbocycles. The molecule has 0 unspecified atom stereocenters. The summed E-state index contributed by atoms with van der Waals surface area (Å²) in [5.74, 6) is -4.91. The van der Waals surface area contributed by atoms with Crippen molar-refractivity contribution in [1.82, 2.24) is 0 Å². The lowest BCUT2D eigenvalue weighted by Gasteiger charge is -2.30. The van der Waals surface area contributed by atoms with Crippen molar-refractivity contribution in [3.05, 3.63) is 90.0 Å². The van der Waals surface area contributed by atoms with Gasteiger partial charge in [-0.15, -0.1) is 6.58 Å². The fourth-order valence-corrected chi connectivity index (χ4v) is 4.03. The van der Waals surface area contributed by atoms with Crippen LogP contribution < -0.4 is 4.74 Å². The van der Waals surface area contributed by atoms with Crippen molar-refractivity contribution in [2.24, 2.45) is 0 Å². The van der Waals surface area contributed by atoms with Gasteiger partial charge in [-0.05, 0) is 35.2 Å². The van der Waals surface area contributed by atoms with Gasteiger partial charge in [0.05, 0.1) is 13.2 Å². The lowest BCUT2D eigenvalue weighted by Crippen LogP contribution is -2.31. The van der Waals surface area contributed by atoms with Gasteiger partial charge in [-0.1, -0.05) is 42.5 Å². The van der Waals surface area contributed by atoms with E-state index >= 15 is 4.39 Å². The van der Waals surface area contributed by atoms with Crippen molar-refractivity contribution >= 4 is 7.85 Å². The first-order valence-electron chi connectivity index (χ1n) is 11.2. The van der Waals surface area contributed by atoms with E-state index in [4.69, 9.17) is 22.1 Å². The SMILES string of the molecule is [B]COc1ccc(-c2ccc(-c3ccc(C4COC(CCC=C)OC4)c(F)c3F)cc2)c(F)c1F. The Kier molecular flexibility index (Phi) is 7.93. The van der Waals surface area contributed by atoms with E-state index in [2.05, 4.69) is 6.58 Å². The van der Waals surface area contributed by atoms with Gasteiger partial charge in [-0.2, -0.15) is 4.39 Å². The van der Waals surface area contributed by atoms with Crippen LogP contribution in [-0.2, 0) is 9.47 Å². The molecular weight excluding hydrogens is 459 g/mol. The number of benzene rings is 3. The van der Waals surface area contributed by atoms with Crippen LogP contribution in [0.4, 0.5) is 17.6 Å². The molecule has 0 saturated carbocycles. The molecule has 1 heterocycles. The Labute approximate surface area is 202 Å². The number of halogens is 4. The molecule has 35 heavy (non-hydrogen) atoms. The van der Waals surface area contributed by atoms with Crippen molar-refractivity contribution in [3.63, 3.8) is 0 Å². The van der Waals surface area contributed by atoms with Crippen LogP contribution in [0.5, 0.6) is 5.75 Å². The lowest BCUT2D eigenvalue weighted by atomic mass is 9.94. The van der Waals surface area contributed by atoms with Crippen molar-refractivity contribution in [3.8, 4) is 28.0 Å². The number of rotatable bonds is 8. The predicted molar refractivity (Wildman–Crippen MR) is 126 cm³/mol. The molecule has 1 aliphatic heterocycles. The van der Waals surface area contributed by atoms with E-state index in [1.54, 1.807) is 6.08 Å². The molecule has 4 rings (SSSR count). The van der Waals surface area contributed by atoms with Crippen LogP contribution in [0.15, 0.2) is 61.2 Å². The molecule has 0 spiro atoms. The molecule has 2 radical (unpaired) electrons. The fourth-order valence-electron chi connectivity index (χ4n) is 4.03. The zero-order valence-electron chi connectivity index (χ0n) is 18.9. The summed E-state index contributed by atoms with van der Waals surface area (Å²) in [6.45, 7) is 3.82. The molecule has 180 valence electrons. The first kappa shape index (κ1) is 25.0. The Morgan fingerprint density at radius 3 is 1.97 bits per heavy atom. The van der Waals surface area contributed by atoms with Crippen LogP contribution in [0.25, 0.3) is 22.3 Å². The average Bonchev–Trinajstić information content (AvgIpc) is 2.88. The second-order valence-electron chi connectivity index (χ2n) is 8.12. The average molecular weight is 482 g/mol. The van der Waals surface area contributed by atoms with Gasteiger partial charge in [0.15, 0.2) is 29.5 Å². The van der Waals surface area contributed by atoms with E-state index in [9.17, 15) is 13.2 Å². The van der Waals surface area contributed by atoms with Crippen LogP contribution in [0.2, 0.25) is 0 Å². The van der Waals surface area contributed by atoms with E-state index < -0.39 is 29.2 Å². The van der Waals surface area contributed by atoms with Gasteiger partial charge in [0, 0.05) is 30.0 Å². The second-order valence-corrected chi connectivity index (χ2v) is 8.12. The number of ether oxygens (including phenoxy) is 3. The lowest BCUT2D eigenvalue weighted by molar-refractivity contribution is -0.189. The maximum absolute atomic E-state index is 15.0. The van der Waals surface area contributed by atoms with Crippen molar-refractivity contribution in [2.45, 2.75) is 25.0 Å².